The Morgan fingerprint density at radius 2 is 1.80 bits per heavy atom. The Bertz CT molecular complexity index is 1690. The Labute approximate surface area is 241 Å². The summed E-state index contributed by atoms with van der Waals surface area (Å²) in [6.07, 6.45) is 4.63. The van der Waals surface area contributed by atoms with E-state index in [-0.39, 0.29) is 11.4 Å². The van der Waals surface area contributed by atoms with Crippen LogP contribution in [0.4, 0.5) is 0 Å². The van der Waals surface area contributed by atoms with Crippen LogP contribution in [0.5, 0.6) is 5.75 Å². The number of carbonyl (C=O) groups is 1. The zero-order valence-electron chi connectivity index (χ0n) is 21.9. The van der Waals surface area contributed by atoms with Gasteiger partial charge in [0, 0.05) is 35.0 Å². The number of carbonyl (C=O) groups excluding carboxylic acids is 1. The molecule has 2 aliphatic heterocycles. The SMILES string of the molecule is Cc1ccccc1OCCCn1cc(/C=C2/C(=N)N3N=C(SCc4ccccc4)SC3=NC2=O)c2ccccc21. The molecule has 0 aliphatic carbocycles. The van der Waals surface area contributed by atoms with Crippen molar-refractivity contribution in [2.24, 2.45) is 10.1 Å². The molecule has 0 radical (unpaired) electrons. The first-order valence-electron chi connectivity index (χ1n) is 13.0. The molecule has 6 rings (SSSR count). The number of nitrogens with zero attached hydrogens (tertiary/aromatic N) is 4. The molecule has 0 fully saturated rings. The second-order valence-electron chi connectivity index (χ2n) is 9.42. The zero-order valence-corrected chi connectivity index (χ0v) is 23.5. The average Bonchev–Trinajstić information content (AvgIpc) is 3.55. The van der Waals surface area contributed by atoms with Crippen LogP contribution in [0.15, 0.2) is 101 Å². The zero-order chi connectivity index (χ0) is 27.5. The molecule has 3 heterocycles. The lowest BCUT2D eigenvalue weighted by Crippen LogP contribution is -2.35. The fraction of sp³-hybridized carbons (Fsp3) is 0.161. The summed E-state index contributed by atoms with van der Waals surface area (Å²) in [4.78, 5) is 17.3. The predicted octanol–water partition coefficient (Wildman–Crippen LogP) is 6.93. The van der Waals surface area contributed by atoms with E-state index in [1.165, 1.54) is 22.3 Å². The maximum Gasteiger partial charge on any atom is 0.283 e. The number of thioether (sulfide) groups is 2. The van der Waals surface area contributed by atoms with Gasteiger partial charge < -0.3 is 9.30 Å². The number of benzene rings is 3. The van der Waals surface area contributed by atoms with Gasteiger partial charge in [0.1, 0.15) is 5.75 Å². The van der Waals surface area contributed by atoms with Crippen LogP contribution in [-0.4, -0.2) is 37.5 Å². The van der Waals surface area contributed by atoms with Gasteiger partial charge in [-0.3, -0.25) is 10.2 Å². The van der Waals surface area contributed by atoms with Crippen molar-refractivity contribution in [2.45, 2.75) is 25.6 Å². The topological polar surface area (TPSA) is 83.0 Å². The number of nitrogens with one attached hydrogen (secondary N) is 1. The van der Waals surface area contributed by atoms with Crippen LogP contribution >= 0.6 is 23.5 Å². The van der Waals surface area contributed by atoms with Crippen molar-refractivity contribution in [3.05, 3.63) is 107 Å². The Morgan fingerprint density at radius 1 is 1.02 bits per heavy atom. The first kappa shape index (κ1) is 26.2. The van der Waals surface area contributed by atoms with E-state index in [1.54, 1.807) is 17.8 Å². The van der Waals surface area contributed by atoms with Crippen LogP contribution in [0.2, 0.25) is 0 Å². The van der Waals surface area contributed by atoms with Crippen molar-refractivity contribution < 1.29 is 9.53 Å². The van der Waals surface area contributed by atoms with Gasteiger partial charge in [-0.05, 0) is 54.4 Å². The number of ether oxygens (including phenoxy) is 1. The van der Waals surface area contributed by atoms with Crippen molar-refractivity contribution >= 4 is 61.8 Å². The fourth-order valence-electron chi connectivity index (χ4n) is 4.62. The van der Waals surface area contributed by atoms with Gasteiger partial charge in [0.05, 0.1) is 12.2 Å². The Morgan fingerprint density at radius 3 is 2.65 bits per heavy atom. The van der Waals surface area contributed by atoms with Gasteiger partial charge in [-0.15, -0.1) is 5.10 Å². The second kappa shape index (κ2) is 11.6. The molecule has 1 amide bonds. The molecular weight excluding hydrogens is 539 g/mol. The molecule has 3 aromatic carbocycles. The number of hydrogen-bond donors (Lipinski definition) is 1. The summed E-state index contributed by atoms with van der Waals surface area (Å²) in [7, 11) is 0. The van der Waals surface area contributed by atoms with E-state index in [0.717, 1.165) is 50.9 Å². The highest BCUT2D eigenvalue weighted by molar-refractivity contribution is 8.45. The van der Waals surface area contributed by atoms with Crippen molar-refractivity contribution in [3.8, 4) is 5.75 Å². The van der Waals surface area contributed by atoms with Crippen LogP contribution < -0.4 is 4.74 Å². The van der Waals surface area contributed by atoms with Gasteiger partial charge in [-0.25, -0.2) is 0 Å². The molecule has 9 heteroatoms. The number of para-hydroxylation sites is 2. The van der Waals surface area contributed by atoms with Crippen LogP contribution in [0, 0.1) is 12.3 Å². The number of rotatable bonds is 8. The molecular formula is C31H27N5O2S2. The number of fused-ring (bicyclic) bond motifs is 2. The predicted molar refractivity (Wildman–Crippen MR) is 166 cm³/mol. The van der Waals surface area contributed by atoms with E-state index in [0.29, 0.717) is 11.8 Å². The van der Waals surface area contributed by atoms with E-state index in [1.807, 2.05) is 73.8 Å². The molecule has 0 saturated heterocycles. The number of hydrogen-bond acceptors (Lipinski definition) is 6. The summed E-state index contributed by atoms with van der Waals surface area (Å²) >= 11 is 2.91. The molecule has 0 atom stereocenters. The smallest absolute Gasteiger partial charge is 0.283 e. The third kappa shape index (κ3) is 5.48. The minimum atomic E-state index is -0.420. The number of amides is 1. The van der Waals surface area contributed by atoms with Crippen LogP contribution in [0.25, 0.3) is 17.0 Å². The molecule has 40 heavy (non-hydrogen) atoms. The van der Waals surface area contributed by atoms with Crippen molar-refractivity contribution in [2.75, 3.05) is 6.61 Å². The Balaban J connectivity index is 1.19. The van der Waals surface area contributed by atoms with Crippen molar-refractivity contribution in [3.63, 3.8) is 0 Å². The van der Waals surface area contributed by atoms with Gasteiger partial charge in [-0.1, -0.05) is 78.5 Å². The van der Waals surface area contributed by atoms with Crippen molar-refractivity contribution in [1.29, 1.82) is 5.41 Å². The van der Waals surface area contributed by atoms with E-state index in [4.69, 9.17) is 10.1 Å². The van der Waals surface area contributed by atoms with Gasteiger partial charge in [0.2, 0.25) is 5.17 Å². The highest BCUT2D eigenvalue weighted by Gasteiger charge is 2.36. The summed E-state index contributed by atoms with van der Waals surface area (Å²) in [6, 6.07) is 26.3. The van der Waals surface area contributed by atoms with E-state index in [2.05, 4.69) is 32.9 Å². The Kier molecular flexibility index (Phi) is 7.57. The highest BCUT2D eigenvalue weighted by Crippen LogP contribution is 2.34. The lowest BCUT2D eigenvalue weighted by molar-refractivity contribution is -0.114. The average molecular weight is 566 g/mol. The molecule has 0 spiro atoms. The van der Waals surface area contributed by atoms with Crippen molar-refractivity contribution in [1.82, 2.24) is 9.58 Å². The number of aryl methyl sites for hydroxylation is 2. The maximum atomic E-state index is 13.0. The molecule has 1 aromatic heterocycles. The first-order chi connectivity index (χ1) is 19.6. The van der Waals surface area contributed by atoms with Crippen LogP contribution in [-0.2, 0) is 17.1 Å². The van der Waals surface area contributed by atoms with E-state index in [9.17, 15) is 4.79 Å². The summed E-state index contributed by atoms with van der Waals surface area (Å²) in [6.45, 7) is 3.41. The molecule has 1 N–H and O–H groups in total. The number of hydrazone groups is 1. The third-order valence-corrected chi connectivity index (χ3v) is 8.77. The maximum absolute atomic E-state index is 13.0. The Hall–Kier alpha value is -4.08. The largest absolute Gasteiger partial charge is 0.493 e. The van der Waals surface area contributed by atoms with Gasteiger partial charge in [0.25, 0.3) is 5.91 Å². The molecule has 200 valence electrons. The molecule has 0 saturated carbocycles. The number of aromatic nitrogens is 1. The number of aliphatic imine (C=N–C) groups is 1. The quantitative estimate of drug-likeness (QED) is 0.185. The van der Waals surface area contributed by atoms with Crippen LogP contribution in [0.3, 0.4) is 0 Å². The van der Waals surface area contributed by atoms with Gasteiger partial charge in [-0.2, -0.15) is 10.0 Å². The minimum absolute atomic E-state index is 0.0428. The first-order valence-corrected chi connectivity index (χ1v) is 14.8. The minimum Gasteiger partial charge on any atom is -0.493 e. The van der Waals surface area contributed by atoms with E-state index >= 15 is 0 Å². The summed E-state index contributed by atoms with van der Waals surface area (Å²) in [5, 5.41) is 16.3. The van der Waals surface area contributed by atoms with E-state index < -0.39 is 5.91 Å². The second-order valence-corrected chi connectivity index (χ2v) is 11.6. The summed E-state index contributed by atoms with van der Waals surface area (Å²) in [5.41, 5.74) is 4.48. The highest BCUT2D eigenvalue weighted by atomic mass is 32.2. The lowest BCUT2D eigenvalue weighted by atomic mass is 10.1. The standard InChI is InChI=1S/C31H27N5O2S2/c1-21-10-5-8-15-27(21)38-17-9-16-35-19-23(24-13-6-7-14-26(24)35)18-25-28(32)36-30(33-29(25)37)40-31(34-36)39-20-22-11-3-2-4-12-22/h2-8,10-15,18-19,32H,9,16-17,20H2,1H3/b25-18-,32-28?. The molecule has 2 aliphatic rings. The third-order valence-electron chi connectivity index (χ3n) is 6.65. The summed E-state index contributed by atoms with van der Waals surface area (Å²) in [5.74, 6) is 1.29. The van der Waals surface area contributed by atoms with Crippen LogP contribution in [0.1, 0.15) is 23.1 Å². The molecule has 4 aromatic rings. The fourth-order valence-corrected chi connectivity index (χ4v) is 6.50. The number of amidine groups is 2. The van der Waals surface area contributed by atoms with Gasteiger partial charge in [0.15, 0.2) is 10.2 Å². The summed E-state index contributed by atoms with van der Waals surface area (Å²) < 4.78 is 8.93. The lowest BCUT2D eigenvalue weighted by Gasteiger charge is -2.20. The normalized spacial score (nSPS) is 15.9. The molecule has 0 bridgehead atoms. The molecule has 0 unspecified atom stereocenters. The monoisotopic (exact) mass is 565 g/mol. The van der Waals surface area contributed by atoms with Gasteiger partial charge >= 0.3 is 0 Å². The molecule has 7 nitrogen and oxygen atoms in total.